The summed E-state index contributed by atoms with van der Waals surface area (Å²) >= 11 is 0. The van der Waals surface area contributed by atoms with Gasteiger partial charge in [0.05, 0.1) is 18.9 Å². The smallest absolute Gasteiger partial charge is 0.228 e. The quantitative estimate of drug-likeness (QED) is 0.777. The van der Waals surface area contributed by atoms with E-state index in [1.807, 2.05) is 43.5 Å². The summed E-state index contributed by atoms with van der Waals surface area (Å²) in [5.74, 6) is 1.44. The largest absolute Gasteiger partial charge is 0.378 e. The molecule has 0 aliphatic carbocycles. The summed E-state index contributed by atoms with van der Waals surface area (Å²) in [6, 6.07) is 9.77. The minimum Gasteiger partial charge on any atom is -0.378 e. The average molecular weight is 348 g/mol. The van der Waals surface area contributed by atoms with Crippen molar-refractivity contribution in [3.8, 4) is 11.3 Å². The summed E-state index contributed by atoms with van der Waals surface area (Å²) < 4.78 is 5.45. The van der Waals surface area contributed by atoms with Gasteiger partial charge in [-0.15, -0.1) is 0 Å². The molecule has 1 aliphatic rings. The van der Waals surface area contributed by atoms with Gasteiger partial charge < -0.3 is 15.0 Å². The molecule has 0 unspecified atom stereocenters. The summed E-state index contributed by atoms with van der Waals surface area (Å²) in [4.78, 5) is 20.1. The van der Waals surface area contributed by atoms with E-state index >= 15 is 0 Å². The van der Waals surface area contributed by atoms with Crippen LogP contribution in [0.15, 0.2) is 48.9 Å². The van der Waals surface area contributed by atoms with Gasteiger partial charge in [0.25, 0.3) is 0 Å². The zero-order chi connectivity index (χ0) is 17.8. The molecule has 26 heavy (non-hydrogen) atoms. The fourth-order valence-electron chi connectivity index (χ4n) is 2.75. The molecule has 4 heterocycles. The lowest BCUT2D eigenvalue weighted by Crippen LogP contribution is -2.37. The molecule has 7 nitrogen and oxygen atoms in total. The number of ether oxygens (including phenoxy) is 1. The molecule has 4 rings (SSSR count). The third-order valence-corrected chi connectivity index (χ3v) is 4.17. The predicted octanol–water partition coefficient (Wildman–Crippen LogP) is 2.82. The maximum absolute atomic E-state index is 5.45. The third kappa shape index (κ3) is 3.78. The Labute approximate surface area is 152 Å². The molecule has 0 aromatic carbocycles. The number of morpholine rings is 1. The molecule has 132 valence electrons. The van der Waals surface area contributed by atoms with E-state index in [9.17, 15) is 0 Å². The lowest BCUT2D eigenvalue weighted by molar-refractivity contribution is 0.122. The molecule has 1 N–H and O–H groups in total. The standard InChI is InChI=1S/C19H20N6O/c1-14-2-3-15(13-21-14)17-12-18(22-16-4-6-20-7-5-16)24-19(23-17)25-8-10-26-11-9-25/h2-7,12-13H,8-11H2,1H3,(H,20,22,23,24). The van der Waals surface area contributed by atoms with E-state index in [1.54, 1.807) is 12.4 Å². The molecule has 1 aliphatic heterocycles. The zero-order valence-electron chi connectivity index (χ0n) is 14.6. The fraction of sp³-hybridized carbons (Fsp3) is 0.263. The minimum absolute atomic E-state index is 0.687. The maximum atomic E-state index is 5.45. The van der Waals surface area contributed by atoms with Crippen molar-refractivity contribution in [2.45, 2.75) is 6.92 Å². The van der Waals surface area contributed by atoms with E-state index < -0.39 is 0 Å². The Morgan fingerprint density at radius 3 is 2.58 bits per heavy atom. The molecular weight excluding hydrogens is 328 g/mol. The van der Waals surface area contributed by atoms with Gasteiger partial charge in [0.1, 0.15) is 5.82 Å². The molecule has 0 amide bonds. The number of aromatic nitrogens is 4. The van der Waals surface area contributed by atoms with Gasteiger partial charge in [-0.2, -0.15) is 4.98 Å². The van der Waals surface area contributed by atoms with E-state index in [1.165, 1.54) is 0 Å². The molecule has 0 radical (unpaired) electrons. The van der Waals surface area contributed by atoms with Crippen molar-refractivity contribution in [2.75, 3.05) is 36.5 Å². The van der Waals surface area contributed by atoms with Crippen molar-refractivity contribution in [3.05, 3.63) is 54.6 Å². The van der Waals surface area contributed by atoms with Gasteiger partial charge in [-0.05, 0) is 31.2 Å². The van der Waals surface area contributed by atoms with E-state index in [2.05, 4.69) is 20.2 Å². The number of pyridine rings is 2. The van der Waals surface area contributed by atoms with Gasteiger partial charge in [0, 0.05) is 54.7 Å². The summed E-state index contributed by atoms with van der Waals surface area (Å²) in [6.07, 6.45) is 5.34. The zero-order valence-corrected chi connectivity index (χ0v) is 14.6. The van der Waals surface area contributed by atoms with Crippen LogP contribution in [0.5, 0.6) is 0 Å². The number of anilines is 3. The second kappa shape index (κ2) is 7.45. The van der Waals surface area contributed by atoms with Crippen LogP contribution < -0.4 is 10.2 Å². The number of rotatable bonds is 4. The predicted molar refractivity (Wildman–Crippen MR) is 101 cm³/mol. The molecule has 0 spiro atoms. The normalized spacial score (nSPS) is 14.3. The highest BCUT2D eigenvalue weighted by atomic mass is 16.5. The van der Waals surface area contributed by atoms with Crippen molar-refractivity contribution < 1.29 is 4.74 Å². The fourth-order valence-corrected chi connectivity index (χ4v) is 2.75. The van der Waals surface area contributed by atoms with Crippen LogP contribution in [-0.4, -0.2) is 46.2 Å². The van der Waals surface area contributed by atoms with Crippen LogP contribution in [0.1, 0.15) is 5.69 Å². The Kier molecular flexibility index (Phi) is 4.70. The van der Waals surface area contributed by atoms with E-state index in [0.717, 1.165) is 41.5 Å². The second-order valence-electron chi connectivity index (χ2n) is 6.09. The summed E-state index contributed by atoms with van der Waals surface area (Å²) in [5.41, 5.74) is 3.71. The van der Waals surface area contributed by atoms with Gasteiger partial charge in [-0.3, -0.25) is 9.97 Å². The molecule has 0 atom stereocenters. The van der Waals surface area contributed by atoms with Gasteiger partial charge in [-0.1, -0.05) is 0 Å². The first-order valence-electron chi connectivity index (χ1n) is 8.60. The summed E-state index contributed by atoms with van der Waals surface area (Å²) in [6.45, 7) is 4.91. The average Bonchev–Trinajstić information content (AvgIpc) is 2.70. The number of hydrogen-bond acceptors (Lipinski definition) is 7. The van der Waals surface area contributed by atoms with Crippen LogP contribution in [0, 0.1) is 6.92 Å². The number of nitrogens with one attached hydrogen (secondary N) is 1. The Hall–Kier alpha value is -3.06. The molecular formula is C19H20N6O. The lowest BCUT2D eigenvalue weighted by Gasteiger charge is -2.27. The highest BCUT2D eigenvalue weighted by Crippen LogP contribution is 2.25. The number of aryl methyl sites for hydroxylation is 1. The third-order valence-electron chi connectivity index (χ3n) is 4.17. The Bertz CT molecular complexity index is 863. The van der Waals surface area contributed by atoms with Crippen LogP contribution in [0.4, 0.5) is 17.5 Å². The molecule has 1 saturated heterocycles. The van der Waals surface area contributed by atoms with Crippen molar-refractivity contribution in [3.63, 3.8) is 0 Å². The van der Waals surface area contributed by atoms with Crippen molar-refractivity contribution >= 4 is 17.5 Å². The molecule has 7 heteroatoms. The van der Waals surface area contributed by atoms with Crippen LogP contribution in [0.3, 0.4) is 0 Å². The van der Waals surface area contributed by atoms with Gasteiger partial charge in [-0.25, -0.2) is 4.98 Å². The highest BCUT2D eigenvalue weighted by molar-refractivity contribution is 5.67. The van der Waals surface area contributed by atoms with Gasteiger partial charge in [0.15, 0.2) is 0 Å². The Morgan fingerprint density at radius 1 is 1.04 bits per heavy atom. The summed E-state index contributed by atoms with van der Waals surface area (Å²) in [5, 5.41) is 3.34. The second-order valence-corrected chi connectivity index (χ2v) is 6.09. The topological polar surface area (TPSA) is 76.1 Å². The number of nitrogens with zero attached hydrogens (tertiary/aromatic N) is 5. The van der Waals surface area contributed by atoms with Crippen LogP contribution in [0.25, 0.3) is 11.3 Å². The van der Waals surface area contributed by atoms with Gasteiger partial charge in [0.2, 0.25) is 5.95 Å². The molecule has 1 fully saturated rings. The monoisotopic (exact) mass is 348 g/mol. The van der Waals surface area contributed by atoms with Crippen LogP contribution in [-0.2, 0) is 4.74 Å². The van der Waals surface area contributed by atoms with Gasteiger partial charge >= 0.3 is 0 Å². The molecule has 0 saturated carbocycles. The molecule has 3 aromatic rings. The first-order valence-corrected chi connectivity index (χ1v) is 8.60. The first kappa shape index (κ1) is 16.4. The van der Waals surface area contributed by atoms with Crippen LogP contribution >= 0.6 is 0 Å². The van der Waals surface area contributed by atoms with Crippen molar-refractivity contribution in [1.29, 1.82) is 0 Å². The maximum Gasteiger partial charge on any atom is 0.228 e. The first-order chi connectivity index (χ1) is 12.8. The summed E-state index contributed by atoms with van der Waals surface area (Å²) in [7, 11) is 0. The molecule has 0 bridgehead atoms. The van der Waals surface area contributed by atoms with Crippen molar-refractivity contribution in [2.24, 2.45) is 0 Å². The lowest BCUT2D eigenvalue weighted by atomic mass is 10.2. The highest BCUT2D eigenvalue weighted by Gasteiger charge is 2.16. The molecule has 3 aromatic heterocycles. The van der Waals surface area contributed by atoms with Crippen LogP contribution in [0.2, 0.25) is 0 Å². The van der Waals surface area contributed by atoms with E-state index in [-0.39, 0.29) is 0 Å². The Morgan fingerprint density at radius 2 is 1.85 bits per heavy atom. The van der Waals surface area contributed by atoms with Crippen molar-refractivity contribution in [1.82, 2.24) is 19.9 Å². The number of hydrogen-bond donors (Lipinski definition) is 1. The van der Waals surface area contributed by atoms with E-state index in [4.69, 9.17) is 14.7 Å². The SMILES string of the molecule is Cc1ccc(-c2cc(Nc3ccncc3)nc(N3CCOCC3)n2)cn1. The van der Waals surface area contributed by atoms with E-state index in [0.29, 0.717) is 19.2 Å². The minimum atomic E-state index is 0.687. The Balaban J connectivity index is 1.72.